The van der Waals surface area contributed by atoms with Crippen molar-refractivity contribution in [2.75, 3.05) is 46.4 Å². The normalized spacial score (nSPS) is 44.5. The van der Waals surface area contributed by atoms with Crippen molar-refractivity contribution in [1.82, 2.24) is 30.9 Å². The molecular formula is C19H36N6O3S. The summed E-state index contributed by atoms with van der Waals surface area (Å²) in [4.78, 5) is 0. The highest BCUT2D eigenvalue weighted by Gasteiger charge is 2.45. The second kappa shape index (κ2) is 8.31. The number of hydrogen-bond donors (Lipinski definition) is 4. The van der Waals surface area contributed by atoms with Gasteiger partial charge in [0.2, 0.25) is 10.0 Å². The van der Waals surface area contributed by atoms with Crippen LogP contribution in [0.25, 0.3) is 0 Å². The second-order valence-electron chi connectivity index (χ2n) is 9.50. The van der Waals surface area contributed by atoms with Crippen molar-refractivity contribution >= 4 is 10.0 Å². The van der Waals surface area contributed by atoms with Crippen LogP contribution in [0.5, 0.6) is 0 Å². The Kier molecular flexibility index (Phi) is 5.89. The summed E-state index contributed by atoms with van der Waals surface area (Å²) in [5, 5.41) is 7.67. The molecule has 7 unspecified atom stereocenters. The number of nitrogens with one attached hydrogen (secondary N) is 4. The van der Waals surface area contributed by atoms with Crippen molar-refractivity contribution in [3.05, 3.63) is 0 Å². The van der Waals surface area contributed by atoms with Crippen LogP contribution < -0.4 is 20.9 Å². The minimum Gasteiger partial charge on any atom is -0.378 e. The molecule has 10 heteroatoms. The number of sulfonamides is 1. The third-order valence-corrected chi connectivity index (χ3v) is 9.82. The average Bonchev–Trinajstić information content (AvgIpc) is 3.32. The van der Waals surface area contributed by atoms with Crippen molar-refractivity contribution < 1.29 is 13.2 Å². The summed E-state index contributed by atoms with van der Waals surface area (Å²) >= 11 is 0. The Balaban J connectivity index is 1.18. The molecule has 0 radical (unpaired) electrons. The van der Waals surface area contributed by atoms with Gasteiger partial charge in [-0.1, -0.05) is 6.42 Å². The summed E-state index contributed by atoms with van der Waals surface area (Å²) in [5.41, 5.74) is 6.88. The molecule has 0 aromatic rings. The molecule has 4 saturated heterocycles. The van der Waals surface area contributed by atoms with Crippen LogP contribution in [-0.4, -0.2) is 94.3 Å². The van der Waals surface area contributed by atoms with E-state index in [2.05, 4.69) is 30.9 Å². The van der Waals surface area contributed by atoms with E-state index in [0.717, 1.165) is 58.5 Å². The monoisotopic (exact) mass is 428 g/mol. The Hall–Kier alpha value is -0.330. The maximum atomic E-state index is 13.2. The van der Waals surface area contributed by atoms with Crippen molar-refractivity contribution in [3.63, 3.8) is 0 Å². The molecule has 0 aromatic heterocycles. The number of rotatable bonds is 4. The number of fused-ring (bicyclic) bond motifs is 2. The van der Waals surface area contributed by atoms with Crippen LogP contribution in [0.4, 0.5) is 0 Å². The van der Waals surface area contributed by atoms with Gasteiger partial charge in [-0.05, 0) is 31.6 Å². The van der Waals surface area contributed by atoms with Gasteiger partial charge in [-0.3, -0.25) is 10.9 Å². The molecule has 1 saturated carbocycles. The lowest BCUT2D eigenvalue weighted by atomic mass is 9.82. The topological polar surface area (TPSA) is 98.0 Å². The predicted octanol–water partition coefficient (Wildman–Crippen LogP) is -1.15. The van der Waals surface area contributed by atoms with Crippen LogP contribution >= 0.6 is 0 Å². The molecule has 0 aromatic carbocycles. The summed E-state index contributed by atoms with van der Waals surface area (Å²) in [6.45, 7) is 4.94. The van der Waals surface area contributed by atoms with Gasteiger partial charge in [0.05, 0.1) is 24.5 Å². The molecule has 0 amide bonds. The summed E-state index contributed by atoms with van der Waals surface area (Å²) in [5.74, 6) is 1.02. The molecule has 5 rings (SSSR count). The highest BCUT2D eigenvalue weighted by atomic mass is 32.2. The lowest BCUT2D eigenvalue weighted by Crippen LogP contribution is -2.58. The van der Waals surface area contributed by atoms with E-state index in [1.807, 2.05) is 7.05 Å². The molecule has 5 fully saturated rings. The molecule has 1 aliphatic carbocycles. The molecular weight excluding hydrogens is 392 g/mol. The zero-order chi connectivity index (χ0) is 20.0. The summed E-state index contributed by atoms with van der Waals surface area (Å²) < 4.78 is 35.1. The van der Waals surface area contributed by atoms with E-state index in [-0.39, 0.29) is 17.3 Å². The van der Waals surface area contributed by atoms with Crippen LogP contribution in [0, 0.1) is 11.8 Å². The smallest absolute Gasteiger partial charge is 0.216 e. The molecule has 29 heavy (non-hydrogen) atoms. The van der Waals surface area contributed by atoms with Crippen LogP contribution in [-0.2, 0) is 14.8 Å². The zero-order valence-electron chi connectivity index (χ0n) is 17.3. The zero-order valence-corrected chi connectivity index (χ0v) is 18.2. The fourth-order valence-electron chi connectivity index (χ4n) is 6.31. The van der Waals surface area contributed by atoms with Crippen molar-refractivity contribution in [3.8, 4) is 0 Å². The summed E-state index contributed by atoms with van der Waals surface area (Å²) in [7, 11) is -1.29. The van der Waals surface area contributed by atoms with E-state index in [1.165, 1.54) is 6.42 Å². The van der Waals surface area contributed by atoms with Gasteiger partial charge in [-0.2, -0.15) is 0 Å². The third kappa shape index (κ3) is 3.98. The number of ether oxygens (including phenoxy) is 1. The van der Waals surface area contributed by atoms with Crippen molar-refractivity contribution in [1.29, 1.82) is 0 Å². The average molecular weight is 429 g/mol. The Bertz CT molecular complexity index is 683. The first-order valence-corrected chi connectivity index (χ1v) is 12.9. The highest BCUT2D eigenvalue weighted by Crippen LogP contribution is 2.32. The van der Waals surface area contributed by atoms with Gasteiger partial charge in [-0.15, -0.1) is 0 Å². The van der Waals surface area contributed by atoms with Crippen molar-refractivity contribution in [2.45, 2.75) is 61.5 Å². The van der Waals surface area contributed by atoms with Gasteiger partial charge in [0, 0.05) is 57.3 Å². The number of piperidine rings is 1. The van der Waals surface area contributed by atoms with E-state index >= 15 is 0 Å². The molecule has 0 spiro atoms. The molecule has 4 heterocycles. The minimum absolute atomic E-state index is 0.0171. The first kappa shape index (κ1) is 20.6. The van der Waals surface area contributed by atoms with E-state index in [0.29, 0.717) is 30.5 Å². The highest BCUT2D eigenvalue weighted by molar-refractivity contribution is 7.90. The Morgan fingerprint density at radius 1 is 1.07 bits per heavy atom. The van der Waals surface area contributed by atoms with Gasteiger partial charge in [0.25, 0.3) is 0 Å². The molecule has 4 aliphatic heterocycles. The third-order valence-electron chi connectivity index (χ3n) is 7.90. The van der Waals surface area contributed by atoms with Crippen LogP contribution in [0.3, 0.4) is 0 Å². The van der Waals surface area contributed by atoms with Crippen LogP contribution in [0.2, 0.25) is 0 Å². The fourth-order valence-corrected chi connectivity index (χ4v) is 7.94. The number of nitrogens with zero attached hydrogens (tertiary/aromatic N) is 2. The van der Waals surface area contributed by atoms with E-state index < -0.39 is 10.0 Å². The lowest BCUT2D eigenvalue weighted by Gasteiger charge is -2.39. The van der Waals surface area contributed by atoms with Gasteiger partial charge in [0.1, 0.15) is 0 Å². The van der Waals surface area contributed by atoms with E-state index in [4.69, 9.17) is 4.74 Å². The number of hydrazine groups is 2. The number of likely N-dealkylation sites (N-methyl/N-ethyl adjacent to an activating group) is 1. The Labute approximate surface area is 174 Å². The van der Waals surface area contributed by atoms with Gasteiger partial charge in [-0.25, -0.2) is 23.2 Å². The maximum absolute atomic E-state index is 13.2. The predicted molar refractivity (Wildman–Crippen MR) is 110 cm³/mol. The molecule has 9 nitrogen and oxygen atoms in total. The minimum atomic E-state index is -3.33. The first-order valence-electron chi connectivity index (χ1n) is 11.3. The fraction of sp³-hybridized carbons (Fsp3) is 1.00. The lowest BCUT2D eigenvalue weighted by molar-refractivity contribution is -0.0209. The largest absolute Gasteiger partial charge is 0.378 e. The van der Waals surface area contributed by atoms with Gasteiger partial charge < -0.3 is 10.1 Å². The van der Waals surface area contributed by atoms with Crippen LogP contribution in [0.1, 0.15) is 32.1 Å². The molecule has 166 valence electrons. The molecule has 0 bridgehead atoms. The van der Waals surface area contributed by atoms with Gasteiger partial charge in [0.15, 0.2) is 0 Å². The second-order valence-corrected chi connectivity index (χ2v) is 11.5. The molecule has 7 atom stereocenters. The Morgan fingerprint density at radius 3 is 2.79 bits per heavy atom. The SMILES string of the molecule is CN1NCC2CCCC(NS(=O)(=O)C3CCC(C4CNN5CCOCC45)NC3)C21. The molecule has 4 N–H and O–H groups in total. The van der Waals surface area contributed by atoms with Gasteiger partial charge >= 0.3 is 0 Å². The summed E-state index contributed by atoms with van der Waals surface area (Å²) in [6, 6.07) is 1.04. The molecule has 5 aliphatic rings. The summed E-state index contributed by atoms with van der Waals surface area (Å²) in [6.07, 6.45) is 4.85. The maximum Gasteiger partial charge on any atom is 0.216 e. The quantitative estimate of drug-likeness (QED) is 0.446. The van der Waals surface area contributed by atoms with E-state index in [9.17, 15) is 8.42 Å². The van der Waals surface area contributed by atoms with Crippen molar-refractivity contribution in [2.24, 2.45) is 11.8 Å². The van der Waals surface area contributed by atoms with E-state index in [1.54, 1.807) is 0 Å². The number of morpholine rings is 1. The Morgan fingerprint density at radius 2 is 1.97 bits per heavy atom. The standard InChI is InChI=1S/C19H36N6O3S/c1-24-19-13(9-21-24)3-2-4-17(19)23-29(26,27)14-5-6-16(20-10-14)15-11-22-25-7-8-28-12-18(15)25/h13-23H,2-12H2,1H3. The van der Waals surface area contributed by atoms with Crippen LogP contribution in [0.15, 0.2) is 0 Å². The number of hydrogen-bond acceptors (Lipinski definition) is 8. The first-order chi connectivity index (χ1) is 14.0.